The van der Waals surface area contributed by atoms with Gasteiger partial charge in [0, 0.05) is 0 Å². The van der Waals surface area contributed by atoms with E-state index in [4.69, 9.17) is 15.5 Å². The number of hydrogen-bond donors (Lipinski definition) is 5. The van der Waals surface area contributed by atoms with Gasteiger partial charge >= 0.3 is 13.9 Å². The molecule has 0 saturated heterocycles. The zero-order chi connectivity index (χ0) is 9.78. The second-order valence-electron chi connectivity index (χ2n) is 1.54. The second-order valence-corrected chi connectivity index (χ2v) is 2.68. The third-order valence-electron chi connectivity index (χ3n) is 0.497. The highest BCUT2D eigenvalue weighted by Gasteiger charge is 2.14. The quantitative estimate of drug-likeness (QED) is 0.149. The number of nitrogens with two attached hydrogens (primary N) is 2. The van der Waals surface area contributed by atoms with Crippen molar-refractivity contribution in [3.05, 3.63) is 0 Å². The minimum absolute atomic E-state index is 0.647. The molecule has 9 nitrogen and oxygen atoms in total. The van der Waals surface area contributed by atoms with Crippen molar-refractivity contribution in [2.45, 2.75) is 0 Å². The van der Waals surface area contributed by atoms with E-state index in [2.05, 4.69) is 15.5 Å². The summed E-state index contributed by atoms with van der Waals surface area (Å²) in [5.41, 5.74) is 9.42. The van der Waals surface area contributed by atoms with Crippen molar-refractivity contribution in [2.24, 2.45) is 16.6 Å². The van der Waals surface area contributed by atoms with Gasteiger partial charge in [-0.05, 0) is 5.16 Å². The molecule has 0 aromatic carbocycles. The summed E-state index contributed by atoms with van der Waals surface area (Å²) in [5.74, 6) is -0.647. The van der Waals surface area contributed by atoms with E-state index < -0.39 is 19.8 Å². The number of hydrogen-bond acceptors (Lipinski definition) is 4. The van der Waals surface area contributed by atoms with Crippen LogP contribution in [0.2, 0.25) is 0 Å². The van der Waals surface area contributed by atoms with E-state index in [-0.39, 0.29) is 0 Å². The van der Waals surface area contributed by atoms with Gasteiger partial charge in [0.25, 0.3) is 0 Å². The van der Waals surface area contributed by atoms with Crippen LogP contribution >= 0.6 is 7.82 Å². The molecular weight excluding hydrogens is 191 g/mol. The van der Waals surface area contributed by atoms with Crippen LogP contribution in [0.5, 0.6) is 0 Å². The first-order valence-electron chi connectivity index (χ1n) is 2.45. The van der Waals surface area contributed by atoms with Crippen LogP contribution in [0.25, 0.3) is 0 Å². The number of oxime groups is 1. The highest BCUT2D eigenvalue weighted by atomic mass is 31.2. The Balaban J connectivity index is 4.02. The number of nitrogens with one attached hydrogen (secondary N) is 1. The standard InChI is InChI=1S/C2H7N4O5P/c3-1(5-2(4)7)6-11-12(8,9)10/h(H2,8,9,10)(H5,3,4,5,6,7). The first-order valence-corrected chi connectivity index (χ1v) is 3.98. The Morgan fingerprint density at radius 1 is 1.50 bits per heavy atom. The highest BCUT2D eigenvalue weighted by molar-refractivity contribution is 7.46. The molecule has 0 aromatic heterocycles. The fourth-order valence-corrected chi connectivity index (χ4v) is 0.441. The van der Waals surface area contributed by atoms with Crippen LogP contribution in [-0.4, -0.2) is 21.8 Å². The molecule has 0 heterocycles. The van der Waals surface area contributed by atoms with Crippen LogP contribution in [0.15, 0.2) is 5.16 Å². The van der Waals surface area contributed by atoms with Crippen molar-refractivity contribution in [2.75, 3.05) is 0 Å². The first kappa shape index (κ1) is 10.7. The van der Waals surface area contributed by atoms with Gasteiger partial charge in [-0.3, -0.25) is 19.7 Å². The van der Waals surface area contributed by atoms with E-state index in [1.807, 2.05) is 0 Å². The van der Waals surface area contributed by atoms with Gasteiger partial charge in [-0.15, -0.1) is 0 Å². The second kappa shape index (κ2) is 3.90. The van der Waals surface area contributed by atoms with Gasteiger partial charge in [0.1, 0.15) is 0 Å². The Morgan fingerprint density at radius 3 is 2.33 bits per heavy atom. The van der Waals surface area contributed by atoms with E-state index in [0.717, 1.165) is 0 Å². The molecule has 0 spiro atoms. The molecule has 0 aliphatic heterocycles. The number of urea groups is 1. The zero-order valence-corrected chi connectivity index (χ0v) is 6.56. The van der Waals surface area contributed by atoms with Gasteiger partial charge in [-0.25, -0.2) is 9.36 Å². The van der Waals surface area contributed by atoms with Crippen molar-refractivity contribution < 1.29 is 23.8 Å². The number of guanidine groups is 1. The molecule has 10 heteroatoms. The van der Waals surface area contributed by atoms with Crippen LogP contribution in [0, 0.1) is 0 Å². The molecule has 0 fully saturated rings. The molecule has 0 aliphatic rings. The Hall–Kier alpha value is -1.31. The topological polar surface area (TPSA) is 160 Å². The maximum atomic E-state index is 10.0. The Bertz CT molecular complexity index is 244. The molecule has 0 bridgehead atoms. The van der Waals surface area contributed by atoms with E-state index in [1.54, 1.807) is 5.32 Å². The van der Waals surface area contributed by atoms with E-state index >= 15 is 0 Å². The van der Waals surface area contributed by atoms with E-state index in [9.17, 15) is 9.36 Å². The number of primary amides is 1. The average Bonchev–Trinajstić information content (AvgIpc) is 1.80. The lowest BCUT2D eigenvalue weighted by molar-refractivity contribution is 0.203. The fourth-order valence-electron chi connectivity index (χ4n) is 0.246. The van der Waals surface area contributed by atoms with Crippen molar-refractivity contribution in [3.8, 4) is 0 Å². The Morgan fingerprint density at radius 2 is 2.00 bits per heavy atom. The molecule has 0 saturated carbocycles. The largest absolute Gasteiger partial charge is 0.545 e. The Kier molecular flexibility index (Phi) is 3.48. The molecule has 70 valence electrons. The summed E-state index contributed by atoms with van der Waals surface area (Å²) in [7, 11) is -4.72. The van der Waals surface area contributed by atoms with Crippen LogP contribution < -0.4 is 16.8 Å². The summed E-state index contributed by atoms with van der Waals surface area (Å²) >= 11 is 0. The van der Waals surface area contributed by atoms with Gasteiger partial charge in [0.2, 0.25) is 5.96 Å². The lowest BCUT2D eigenvalue weighted by atomic mass is 10.9. The molecule has 0 aromatic rings. The average molecular weight is 198 g/mol. The SMILES string of the molecule is NC(=O)NC(N)=NOP(=O)(O)O. The number of rotatable bonds is 2. The van der Waals surface area contributed by atoms with Crippen molar-refractivity contribution in [1.29, 1.82) is 0 Å². The van der Waals surface area contributed by atoms with E-state index in [0.29, 0.717) is 0 Å². The van der Waals surface area contributed by atoms with E-state index in [1.165, 1.54) is 0 Å². The number of phosphoric acid groups is 1. The number of amides is 2. The summed E-state index contributed by atoms with van der Waals surface area (Å²) in [6, 6.07) is -1.02. The van der Waals surface area contributed by atoms with Crippen LogP contribution in [0.3, 0.4) is 0 Å². The third-order valence-corrected chi connectivity index (χ3v) is 0.791. The summed E-state index contributed by atoms with van der Waals surface area (Å²) in [5, 5.41) is 4.37. The van der Waals surface area contributed by atoms with Gasteiger partial charge < -0.3 is 11.5 Å². The van der Waals surface area contributed by atoms with Crippen molar-refractivity contribution >= 4 is 19.8 Å². The molecule has 0 rings (SSSR count). The first-order chi connectivity index (χ1) is 5.31. The number of carbonyl (C=O) groups is 1. The summed E-state index contributed by atoms with van der Waals surface area (Å²) in [6.45, 7) is 0. The monoisotopic (exact) mass is 198 g/mol. The Labute approximate surface area is 66.6 Å². The number of carbonyl (C=O) groups excluding carboxylic acids is 1. The van der Waals surface area contributed by atoms with Crippen molar-refractivity contribution in [1.82, 2.24) is 5.32 Å². The van der Waals surface area contributed by atoms with Gasteiger partial charge in [0.05, 0.1) is 0 Å². The van der Waals surface area contributed by atoms with Crippen molar-refractivity contribution in [3.63, 3.8) is 0 Å². The van der Waals surface area contributed by atoms with Gasteiger partial charge in [-0.2, -0.15) is 0 Å². The molecule has 7 N–H and O–H groups in total. The lowest BCUT2D eigenvalue weighted by Gasteiger charge is -2.01. The number of nitrogens with zero attached hydrogens (tertiary/aromatic N) is 1. The molecule has 12 heavy (non-hydrogen) atoms. The molecule has 0 unspecified atom stereocenters. The maximum absolute atomic E-state index is 10.0. The predicted molar refractivity (Wildman–Crippen MR) is 37.5 cm³/mol. The summed E-state index contributed by atoms with van der Waals surface area (Å²) in [6.07, 6.45) is 0. The fraction of sp³-hybridized carbons (Fsp3) is 0. The minimum Gasteiger partial charge on any atom is -0.367 e. The minimum atomic E-state index is -4.72. The molecule has 0 atom stereocenters. The lowest BCUT2D eigenvalue weighted by Crippen LogP contribution is -2.40. The van der Waals surface area contributed by atoms with Gasteiger partial charge in [-0.1, -0.05) is 0 Å². The highest BCUT2D eigenvalue weighted by Crippen LogP contribution is 2.35. The van der Waals surface area contributed by atoms with Gasteiger partial charge in [0.15, 0.2) is 0 Å². The predicted octanol–water partition coefficient (Wildman–Crippen LogP) is -2.01. The normalized spacial score (nSPS) is 12.3. The molecule has 0 radical (unpaired) electrons. The third kappa shape index (κ3) is 6.81. The van der Waals surface area contributed by atoms with Crippen LogP contribution in [0.1, 0.15) is 0 Å². The van der Waals surface area contributed by atoms with Crippen LogP contribution in [-0.2, 0) is 9.19 Å². The smallest absolute Gasteiger partial charge is 0.367 e. The summed E-state index contributed by atoms with van der Waals surface area (Å²) in [4.78, 5) is 26.2. The molecule has 0 aliphatic carbocycles. The maximum Gasteiger partial charge on any atom is 0.545 e. The van der Waals surface area contributed by atoms with Crippen LogP contribution in [0.4, 0.5) is 4.79 Å². The summed E-state index contributed by atoms with van der Waals surface area (Å²) < 4.78 is 13.5. The molecular formula is C2H7N4O5P. The zero-order valence-electron chi connectivity index (χ0n) is 5.67. The molecule has 2 amide bonds.